The fourth-order valence-corrected chi connectivity index (χ4v) is 2.27. The maximum Gasteiger partial charge on any atom is 0.240 e. The number of amides is 2. The van der Waals surface area contributed by atoms with Gasteiger partial charge in [0.2, 0.25) is 11.8 Å². The first kappa shape index (κ1) is 20.0. The Hall–Kier alpha value is -3.30. The number of terminal acetylenes is 1. The van der Waals surface area contributed by atoms with Gasteiger partial charge in [0.1, 0.15) is 12.4 Å². The van der Waals surface area contributed by atoms with Gasteiger partial charge in [-0.25, -0.2) is 5.43 Å². The van der Waals surface area contributed by atoms with Crippen LogP contribution in [0.4, 0.5) is 5.69 Å². The Bertz CT molecular complexity index is 875. The number of halogens is 1. The van der Waals surface area contributed by atoms with Crippen molar-refractivity contribution < 1.29 is 14.3 Å². The zero-order valence-corrected chi connectivity index (χ0v) is 15.2. The minimum absolute atomic E-state index is 0.00101. The number of para-hydroxylation sites is 1. The van der Waals surface area contributed by atoms with Gasteiger partial charge in [-0.1, -0.05) is 35.7 Å². The zero-order chi connectivity index (χ0) is 19.5. The fourth-order valence-electron chi connectivity index (χ4n) is 2.08. The predicted octanol–water partition coefficient (Wildman–Crippen LogP) is 3.22. The summed E-state index contributed by atoms with van der Waals surface area (Å²) in [7, 11) is 0. The Kier molecular flexibility index (Phi) is 7.89. The second-order valence-corrected chi connectivity index (χ2v) is 5.82. The van der Waals surface area contributed by atoms with Crippen molar-refractivity contribution >= 4 is 35.3 Å². The van der Waals surface area contributed by atoms with Crippen molar-refractivity contribution in [2.24, 2.45) is 5.10 Å². The summed E-state index contributed by atoms with van der Waals surface area (Å²) in [4.78, 5) is 23.7. The first-order chi connectivity index (χ1) is 13.1. The van der Waals surface area contributed by atoms with Crippen LogP contribution in [0.3, 0.4) is 0 Å². The molecule has 2 aromatic carbocycles. The van der Waals surface area contributed by atoms with Gasteiger partial charge in [-0.2, -0.15) is 5.10 Å². The highest BCUT2D eigenvalue weighted by atomic mass is 35.5. The van der Waals surface area contributed by atoms with Crippen molar-refractivity contribution in [3.8, 4) is 18.1 Å². The van der Waals surface area contributed by atoms with Gasteiger partial charge in [-0.05, 0) is 30.3 Å². The summed E-state index contributed by atoms with van der Waals surface area (Å²) < 4.78 is 5.39. The summed E-state index contributed by atoms with van der Waals surface area (Å²) in [6.45, 7) is 0.138. The normalized spacial score (nSPS) is 10.2. The van der Waals surface area contributed by atoms with Gasteiger partial charge in [0.25, 0.3) is 0 Å². The van der Waals surface area contributed by atoms with E-state index in [1.807, 2.05) is 6.07 Å². The van der Waals surface area contributed by atoms with Gasteiger partial charge in [0, 0.05) is 29.1 Å². The number of carbonyl (C=O) groups excluding carboxylic acids is 2. The molecular formula is C20H18ClN3O3. The van der Waals surface area contributed by atoms with Crippen LogP contribution in [0.5, 0.6) is 5.75 Å². The van der Waals surface area contributed by atoms with Gasteiger partial charge in [0.15, 0.2) is 0 Å². The summed E-state index contributed by atoms with van der Waals surface area (Å²) in [6.07, 6.45) is 6.65. The van der Waals surface area contributed by atoms with Gasteiger partial charge in [-0.15, -0.1) is 6.42 Å². The number of nitrogens with one attached hydrogen (secondary N) is 2. The molecular weight excluding hydrogens is 366 g/mol. The highest BCUT2D eigenvalue weighted by Crippen LogP contribution is 2.16. The smallest absolute Gasteiger partial charge is 0.240 e. The summed E-state index contributed by atoms with van der Waals surface area (Å²) in [5.74, 6) is 2.28. The van der Waals surface area contributed by atoms with Crippen molar-refractivity contribution in [1.29, 1.82) is 0 Å². The maximum absolute atomic E-state index is 11.9. The van der Waals surface area contributed by atoms with E-state index in [1.165, 1.54) is 6.21 Å². The lowest BCUT2D eigenvalue weighted by molar-refractivity contribution is -0.124. The number of benzene rings is 2. The summed E-state index contributed by atoms with van der Waals surface area (Å²) in [5.41, 5.74) is 3.63. The zero-order valence-electron chi connectivity index (χ0n) is 14.4. The molecule has 0 spiro atoms. The summed E-state index contributed by atoms with van der Waals surface area (Å²) in [6, 6.07) is 13.9. The number of nitrogens with zero attached hydrogens (tertiary/aromatic N) is 1. The highest BCUT2D eigenvalue weighted by molar-refractivity contribution is 6.30. The van der Waals surface area contributed by atoms with Crippen LogP contribution in [0, 0.1) is 12.3 Å². The van der Waals surface area contributed by atoms with Gasteiger partial charge >= 0.3 is 0 Å². The first-order valence-corrected chi connectivity index (χ1v) is 8.49. The number of hydrogen-bond donors (Lipinski definition) is 2. The molecule has 0 heterocycles. The molecule has 2 N–H and O–H groups in total. The maximum atomic E-state index is 11.9. The van der Waals surface area contributed by atoms with Crippen LogP contribution < -0.4 is 15.5 Å². The van der Waals surface area contributed by atoms with E-state index in [4.69, 9.17) is 22.8 Å². The van der Waals surface area contributed by atoms with E-state index in [0.717, 1.165) is 0 Å². The molecule has 2 rings (SSSR count). The molecule has 0 saturated heterocycles. The lowest BCUT2D eigenvalue weighted by Crippen LogP contribution is -2.20. The van der Waals surface area contributed by atoms with E-state index < -0.39 is 0 Å². The third-order valence-electron chi connectivity index (χ3n) is 3.31. The Morgan fingerprint density at radius 3 is 2.70 bits per heavy atom. The number of anilines is 1. The minimum Gasteiger partial charge on any atom is -0.480 e. The van der Waals surface area contributed by atoms with Crippen molar-refractivity contribution in [3.05, 3.63) is 59.1 Å². The number of ether oxygens (including phenoxy) is 1. The van der Waals surface area contributed by atoms with Crippen LogP contribution in [-0.4, -0.2) is 24.6 Å². The molecule has 7 heteroatoms. The van der Waals surface area contributed by atoms with E-state index in [2.05, 4.69) is 21.8 Å². The monoisotopic (exact) mass is 383 g/mol. The van der Waals surface area contributed by atoms with E-state index >= 15 is 0 Å². The van der Waals surface area contributed by atoms with Crippen molar-refractivity contribution in [3.63, 3.8) is 0 Å². The fraction of sp³-hybridized carbons (Fsp3) is 0.150. The minimum atomic E-state index is -0.380. The Balaban J connectivity index is 1.78. The van der Waals surface area contributed by atoms with Crippen molar-refractivity contribution in [1.82, 2.24) is 5.43 Å². The molecule has 138 valence electrons. The van der Waals surface area contributed by atoms with Crippen LogP contribution in [0.15, 0.2) is 53.6 Å². The van der Waals surface area contributed by atoms with Crippen molar-refractivity contribution in [2.45, 2.75) is 12.8 Å². The quantitative estimate of drug-likeness (QED) is 0.417. The molecule has 0 fully saturated rings. The summed E-state index contributed by atoms with van der Waals surface area (Å²) >= 11 is 5.85. The molecule has 0 atom stereocenters. The van der Waals surface area contributed by atoms with Crippen LogP contribution in [0.2, 0.25) is 5.02 Å². The number of rotatable bonds is 8. The number of hydrogen-bond acceptors (Lipinski definition) is 4. The third kappa shape index (κ3) is 7.22. The Morgan fingerprint density at radius 2 is 1.93 bits per heavy atom. The summed E-state index contributed by atoms with van der Waals surface area (Å²) in [5, 5.41) is 7.07. The van der Waals surface area contributed by atoms with E-state index in [9.17, 15) is 9.59 Å². The van der Waals surface area contributed by atoms with E-state index in [0.29, 0.717) is 22.0 Å². The molecule has 2 amide bonds. The SMILES string of the molecule is C#CCOc1ccccc1C=NNC(=O)CCC(=O)Nc1cccc(Cl)c1. The second kappa shape index (κ2) is 10.6. The van der Waals surface area contributed by atoms with Crippen LogP contribution in [0.25, 0.3) is 0 Å². The predicted molar refractivity (Wildman–Crippen MR) is 106 cm³/mol. The van der Waals surface area contributed by atoms with Crippen LogP contribution in [-0.2, 0) is 9.59 Å². The number of carbonyl (C=O) groups is 2. The van der Waals surface area contributed by atoms with Gasteiger partial charge in [0.05, 0.1) is 6.21 Å². The van der Waals surface area contributed by atoms with Crippen molar-refractivity contribution in [2.75, 3.05) is 11.9 Å². The molecule has 0 aromatic heterocycles. The van der Waals surface area contributed by atoms with E-state index in [1.54, 1.807) is 42.5 Å². The lowest BCUT2D eigenvalue weighted by Gasteiger charge is -2.06. The number of hydrazone groups is 1. The molecule has 0 bridgehead atoms. The van der Waals surface area contributed by atoms with E-state index in [-0.39, 0.29) is 31.3 Å². The van der Waals surface area contributed by atoms with Gasteiger partial charge < -0.3 is 10.1 Å². The van der Waals surface area contributed by atoms with Gasteiger partial charge in [-0.3, -0.25) is 9.59 Å². The Morgan fingerprint density at radius 1 is 1.15 bits per heavy atom. The molecule has 0 aliphatic carbocycles. The third-order valence-corrected chi connectivity index (χ3v) is 3.55. The molecule has 0 saturated carbocycles. The molecule has 0 radical (unpaired) electrons. The lowest BCUT2D eigenvalue weighted by atomic mass is 10.2. The average molecular weight is 384 g/mol. The highest BCUT2D eigenvalue weighted by Gasteiger charge is 2.07. The molecule has 0 unspecified atom stereocenters. The topological polar surface area (TPSA) is 79.8 Å². The van der Waals surface area contributed by atoms with Crippen LogP contribution in [0.1, 0.15) is 18.4 Å². The molecule has 6 nitrogen and oxygen atoms in total. The molecule has 0 aliphatic heterocycles. The first-order valence-electron chi connectivity index (χ1n) is 8.11. The largest absolute Gasteiger partial charge is 0.480 e. The average Bonchev–Trinajstić information content (AvgIpc) is 2.65. The molecule has 27 heavy (non-hydrogen) atoms. The second-order valence-electron chi connectivity index (χ2n) is 5.38. The molecule has 2 aromatic rings. The standard InChI is InChI=1S/C20H18ClN3O3/c1-2-12-27-18-9-4-3-6-15(18)14-22-24-20(26)11-10-19(25)23-17-8-5-7-16(21)13-17/h1,3-9,13-14H,10-12H2,(H,23,25)(H,24,26). The Labute approximate surface area is 162 Å². The molecule has 0 aliphatic rings. The van der Waals surface area contributed by atoms with Crippen LogP contribution >= 0.6 is 11.6 Å².